The molecule has 2 aromatic carbocycles. The van der Waals surface area contributed by atoms with Crippen LogP contribution in [0, 0.1) is 0 Å². The lowest BCUT2D eigenvalue weighted by Gasteiger charge is -2.03. The lowest BCUT2D eigenvalue weighted by Crippen LogP contribution is -2.28. The second-order valence-electron chi connectivity index (χ2n) is 5.12. The minimum Gasteiger partial charge on any atom is -0.396 e. The summed E-state index contributed by atoms with van der Waals surface area (Å²) in [5.74, 6) is -0.591. The molecule has 0 atom stereocenters. The van der Waals surface area contributed by atoms with Crippen LogP contribution in [0.1, 0.15) is 16.1 Å². The predicted molar refractivity (Wildman–Crippen MR) is 101 cm³/mol. The van der Waals surface area contributed by atoms with Gasteiger partial charge in [0.05, 0.1) is 11.9 Å². The zero-order chi connectivity index (χ0) is 18.0. The molecule has 0 saturated carbocycles. The lowest BCUT2D eigenvalue weighted by atomic mass is 10.1. The number of H-pyrrole nitrogens is 1. The number of rotatable bonds is 3. The monoisotopic (exact) mass is 393 g/mol. The van der Waals surface area contributed by atoms with Gasteiger partial charge >= 0.3 is 5.91 Å². The summed E-state index contributed by atoms with van der Waals surface area (Å²) in [6, 6.07) is 13.7. The Balaban J connectivity index is 1.84. The van der Waals surface area contributed by atoms with Crippen molar-refractivity contribution in [2.24, 2.45) is 5.10 Å². The van der Waals surface area contributed by atoms with Crippen molar-refractivity contribution in [2.45, 2.75) is 0 Å². The van der Waals surface area contributed by atoms with E-state index in [1.165, 1.54) is 0 Å². The van der Waals surface area contributed by atoms with Crippen LogP contribution < -0.4 is 16.1 Å². The number of hydrogen-bond acceptors (Lipinski definition) is 3. The van der Waals surface area contributed by atoms with E-state index >= 15 is 0 Å². The van der Waals surface area contributed by atoms with Gasteiger partial charge in [0.1, 0.15) is 10.0 Å². The maximum Gasteiger partial charge on any atom is 0.337 e. The predicted octanol–water partition coefficient (Wildman–Crippen LogP) is 3.96. The van der Waals surface area contributed by atoms with E-state index in [2.05, 4.69) is 15.5 Å². The summed E-state index contributed by atoms with van der Waals surface area (Å²) in [5, 5.41) is 6.12. The smallest absolute Gasteiger partial charge is 0.337 e. The highest BCUT2D eigenvalue weighted by Gasteiger charge is 2.25. The summed E-state index contributed by atoms with van der Waals surface area (Å²) in [6.07, 6.45) is 1.55. The van der Waals surface area contributed by atoms with Gasteiger partial charge in [-0.05, 0) is 22.4 Å². The van der Waals surface area contributed by atoms with E-state index in [0.29, 0.717) is 0 Å². The first-order chi connectivity index (χ1) is 12.0. The molecule has 0 radical (unpaired) electrons. The summed E-state index contributed by atoms with van der Waals surface area (Å²) in [4.78, 5) is 14.8. The number of hydrogen-bond donors (Lipinski definition) is 2. The largest absolute Gasteiger partial charge is 0.396 e. The molecule has 25 heavy (non-hydrogen) atoms. The molecule has 1 amide bonds. The number of nitrogen functional groups attached to an aromatic ring is 1. The van der Waals surface area contributed by atoms with Crippen LogP contribution in [0.25, 0.3) is 10.8 Å². The molecule has 0 aliphatic heterocycles. The highest BCUT2D eigenvalue weighted by atomic mass is 35.5. The van der Waals surface area contributed by atoms with Gasteiger partial charge in [0.25, 0.3) is 10.8 Å². The molecular formula is C17H12Cl3N4O+. The number of nitrogens with zero attached hydrogens (tertiary/aromatic N) is 1. The summed E-state index contributed by atoms with van der Waals surface area (Å²) >= 11 is 17.8. The van der Waals surface area contributed by atoms with Gasteiger partial charge in [-0.25, -0.2) is 5.43 Å². The van der Waals surface area contributed by atoms with Crippen molar-refractivity contribution in [3.8, 4) is 0 Å². The number of benzene rings is 2. The topological polar surface area (TPSA) is 81.6 Å². The van der Waals surface area contributed by atoms with Gasteiger partial charge in [0.2, 0.25) is 0 Å². The standard InChI is InChI=1S/C17H11Cl3N4O/c18-12-14(21)13(19)16(20)23-15(12)17(25)24-22-8-10-6-3-5-9-4-1-2-7-11(9)10/h1-8H,(H2,21,23)(H,24,25)/p+1/b22-8+. The van der Waals surface area contributed by atoms with E-state index in [1.807, 2.05) is 42.5 Å². The normalized spacial score (nSPS) is 11.2. The average molecular weight is 395 g/mol. The molecule has 3 aromatic rings. The molecule has 126 valence electrons. The Morgan fingerprint density at radius 3 is 2.60 bits per heavy atom. The summed E-state index contributed by atoms with van der Waals surface area (Å²) in [7, 11) is 0. The van der Waals surface area contributed by atoms with E-state index < -0.39 is 5.91 Å². The highest BCUT2D eigenvalue weighted by Crippen LogP contribution is 2.31. The number of pyridine rings is 1. The van der Waals surface area contributed by atoms with Crippen molar-refractivity contribution in [3.05, 3.63) is 68.9 Å². The molecule has 8 heteroatoms. The van der Waals surface area contributed by atoms with E-state index in [4.69, 9.17) is 40.5 Å². The number of carbonyl (C=O) groups excluding carboxylic acids is 1. The molecular weight excluding hydrogens is 383 g/mol. The number of carbonyl (C=O) groups is 1. The molecule has 0 spiro atoms. The average Bonchev–Trinajstić information content (AvgIpc) is 2.63. The zero-order valence-corrected chi connectivity index (χ0v) is 15.0. The molecule has 1 aromatic heterocycles. The lowest BCUT2D eigenvalue weighted by molar-refractivity contribution is -0.379. The second-order valence-corrected chi connectivity index (χ2v) is 6.26. The quantitative estimate of drug-likeness (QED) is 0.400. The van der Waals surface area contributed by atoms with Crippen LogP contribution >= 0.6 is 34.8 Å². The number of fused-ring (bicyclic) bond motifs is 1. The van der Waals surface area contributed by atoms with Gasteiger partial charge in [0.15, 0.2) is 0 Å². The molecule has 4 N–H and O–H groups in total. The number of aromatic nitrogens is 1. The third-order valence-electron chi connectivity index (χ3n) is 3.54. The van der Waals surface area contributed by atoms with Crippen LogP contribution in [-0.2, 0) is 0 Å². The third kappa shape index (κ3) is 3.54. The van der Waals surface area contributed by atoms with Gasteiger partial charge in [-0.1, -0.05) is 65.7 Å². The Morgan fingerprint density at radius 1 is 1.08 bits per heavy atom. The zero-order valence-electron chi connectivity index (χ0n) is 12.7. The van der Waals surface area contributed by atoms with E-state index in [0.717, 1.165) is 16.3 Å². The number of anilines is 1. The van der Waals surface area contributed by atoms with Gasteiger partial charge < -0.3 is 5.73 Å². The van der Waals surface area contributed by atoms with Crippen molar-refractivity contribution in [3.63, 3.8) is 0 Å². The number of amides is 1. The fourth-order valence-corrected chi connectivity index (χ4v) is 2.92. The number of aromatic amines is 1. The van der Waals surface area contributed by atoms with Crippen LogP contribution in [0.5, 0.6) is 0 Å². The molecule has 0 saturated heterocycles. The molecule has 0 aliphatic carbocycles. The molecule has 0 aliphatic rings. The van der Waals surface area contributed by atoms with Gasteiger partial charge in [-0.3, -0.25) is 4.79 Å². The Bertz CT molecular complexity index is 999. The van der Waals surface area contributed by atoms with Crippen LogP contribution in [0.15, 0.2) is 47.6 Å². The fraction of sp³-hybridized carbons (Fsp3) is 0. The Morgan fingerprint density at radius 2 is 1.80 bits per heavy atom. The maximum absolute atomic E-state index is 12.2. The van der Waals surface area contributed by atoms with Crippen LogP contribution in [0.2, 0.25) is 15.2 Å². The van der Waals surface area contributed by atoms with Crippen LogP contribution in [0.3, 0.4) is 0 Å². The Kier molecular flexibility index (Phi) is 5.08. The van der Waals surface area contributed by atoms with E-state index in [1.54, 1.807) is 6.21 Å². The first-order valence-electron chi connectivity index (χ1n) is 7.15. The molecule has 0 fully saturated rings. The van der Waals surface area contributed by atoms with Crippen molar-refractivity contribution in [2.75, 3.05) is 5.73 Å². The Labute approximate surface area is 158 Å². The number of halogens is 3. The van der Waals surface area contributed by atoms with Crippen molar-refractivity contribution < 1.29 is 9.78 Å². The highest BCUT2D eigenvalue weighted by molar-refractivity contribution is 6.45. The van der Waals surface area contributed by atoms with E-state index in [-0.39, 0.29) is 26.6 Å². The minimum absolute atomic E-state index is 0.0201. The maximum atomic E-state index is 12.2. The van der Waals surface area contributed by atoms with Gasteiger partial charge in [-0.2, -0.15) is 10.1 Å². The molecule has 0 bridgehead atoms. The fourth-order valence-electron chi connectivity index (χ4n) is 2.30. The SMILES string of the molecule is Nc1c(Cl)c(Cl)[nH+]c(C(=O)N/N=C/c2cccc3ccccc23)c1Cl. The molecule has 0 unspecified atom stereocenters. The second kappa shape index (κ2) is 7.27. The van der Waals surface area contributed by atoms with Crippen molar-refractivity contribution in [1.29, 1.82) is 0 Å². The first-order valence-corrected chi connectivity index (χ1v) is 8.29. The van der Waals surface area contributed by atoms with Crippen LogP contribution in [0.4, 0.5) is 5.69 Å². The summed E-state index contributed by atoms with van der Waals surface area (Å²) < 4.78 is 0. The van der Waals surface area contributed by atoms with Crippen molar-refractivity contribution in [1.82, 2.24) is 5.43 Å². The number of nitrogens with two attached hydrogens (primary N) is 1. The molecule has 5 nitrogen and oxygen atoms in total. The third-order valence-corrected chi connectivity index (χ3v) is 4.71. The minimum atomic E-state index is -0.591. The molecule has 1 heterocycles. The van der Waals surface area contributed by atoms with Gasteiger partial charge in [0, 0.05) is 5.56 Å². The summed E-state index contributed by atoms with van der Waals surface area (Å²) in [5.41, 5.74) is 8.96. The van der Waals surface area contributed by atoms with Gasteiger partial charge in [-0.15, -0.1) is 0 Å². The molecule has 3 rings (SSSR count). The first kappa shape index (κ1) is 17.5. The summed E-state index contributed by atoms with van der Waals surface area (Å²) in [6.45, 7) is 0. The van der Waals surface area contributed by atoms with E-state index in [9.17, 15) is 4.79 Å². The number of hydrazone groups is 1. The Hall–Kier alpha value is -2.34. The van der Waals surface area contributed by atoms with Crippen LogP contribution in [-0.4, -0.2) is 12.1 Å². The van der Waals surface area contributed by atoms with Crippen molar-refractivity contribution >= 4 is 63.4 Å². The number of nitrogens with one attached hydrogen (secondary N) is 2.